The molecule has 21 heavy (non-hydrogen) atoms. The third kappa shape index (κ3) is 6.32. The van der Waals surface area contributed by atoms with Gasteiger partial charge in [0.1, 0.15) is 0 Å². The summed E-state index contributed by atoms with van der Waals surface area (Å²) < 4.78 is 11.0. The minimum atomic E-state index is 0.122. The molecule has 0 radical (unpaired) electrons. The van der Waals surface area contributed by atoms with Crippen molar-refractivity contribution in [3.05, 3.63) is 0 Å². The molecule has 0 aromatic rings. The molecular weight excluding hydrogens is 268 g/mol. The lowest BCUT2D eigenvalue weighted by molar-refractivity contribution is -0.126. The lowest BCUT2D eigenvalue weighted by Crippen LogP contribution is -2.38. The molecule has 0 spiro atoms. The fraction of sp³-hybridized carbons (Fsp3) is 0.938. The number of ether oxygens (including phenoxy) is 2. The van der Waals surface area contributed by atoms with Gasteiger partial charge in [-0.1, -0.05) is 6.42 Å². The third-order valence-electron chi connectivity index (χ3n) is 4.54. The minimum absolute atomic E-state index is 0.122. The third-order valence-corrected chi connectivity index (χ3v) is 4.54. The predicted octanol–water partition coefficient (Wildman–Crippen LogP) is 1.45. The number of carbonyl (C=O) groups excluding carboxylic acids is 1. The highest BCUT2D eigenvalue weighted by molar-refractivity contribution is 5.78. The van der Waals surface area contributed by atoms with E-state index in [1.165, 1.54) is 0 Å². The summed E-state index contributed by atoms with van der Waals surface area (Å²) in [5.41, 5.74) is 5.92. The van der Waals surface area contributed by atoms with Gasteiger partial charge in [0, 0.05) is 44.9 Å². The predicted molar refractivity (Wildman–Crippen MR) is 81.9 cm³/mol. The Balaban J connectivity index is 1.46. The van der Waals surface area contributed by atoms with Crippen molar-refractivity contribution in [2.24, 2.45) is 17.6 Å². The van der Waals surface area contributed by atoms with Crippen LogP contribution in [-0.4, -0.2) is 44.9 Å². The number of amides is 1. The Hall–Kier alpha value is -0.650. The molecule has 0 aromatic carbocycles. The largest absolute Gasteiger partial charge is 0.381 e. The van der Waals surface area contributed by atoms with Crippen LogP contribution in [0, 0.1) is 11.8 Å². The zero-order valence-corrected chi connectivity index (χ0v) is 13.0. The Morgan fingerprint density at radius 2 is 2.05 bits per heavy atom. The Bertz CT molecular complexity index is 306. The van der Waals surface area contributed by atoms with Gasteiger partial charge in [-0.25, -0.2) is 0 Å². The van der Waals surface area contributed by atoms with Crippen molar-refractivity contribution in [3.63, 3.8) is 0 Å². The van der Waals surface area contributed by atoms with Crippen molar-refractivity contribution in [1.82, 2.24) is 5.32 Å². The molecular formula is C16H30N2O3. The van der Waals surface area contributed by atoms with Gasteiger partial charge in [0.05, 0.1) is 0 Å². The second-order valence-electron chi connectivity index (χ2n) is 6.40. The fourth-order valence-corrected chi connectivity index (χ4v) is 3.16. The summed E-state index contributed by atoms with van der Waals surface area (Å²) in [6.07, 6.45) is 7.06. The molecule has 2 unspecified atom stereocenters. The average molecular weight is 298 g/mol. The SMILES string of the molecule is NC1CCCC(C(=O)NCCCOCC2CCOCC2)C1. The van der Waals surface area contributed by atoms with Crippen molar-refractivity contribution in [2.45, 2.75) is 51.0 Å². The van der Waals surface area contributed by atoms with Crippen molar-refractivity contribution in [2.75, 3.05) is 33.0 Å². The van der Waals surface area contributed by atoms with E-state index in [1.807, 2.05) is 0 Å². The molecule has 2 fully saturated rings. The molecule has 0 aromatic heterocycles. The number of rotatable bonds is 7. The Morgan fingerprint density at radius 1 is 1.24 bits per heavy atom. The van der Waals surface area contributed by atoms with Gasteiger partial charge in [0.15, 0.2) is 0 Å². The van der Waals surface area contributed by atoms with E-state index >= 15 is 0 Å². The molecule has 5 heteroatoms. The van der Waals surface area contributed by atoms with E-state index in [4.69, 9.17) is 15.2 Å². The molecule has 2 rings (SSSR count). The molecule has 2 atom stereocenters. The van der Waals surface area contributed by atoms with E-state index in [0.29, 0.717) is 12.5 Å². The number of nitrogens with one attached hydrogen (secondary N) is 1. The van der Waals surface area contributed by atoms with E-state index in [2.05, 4.69) is 5.32 Å². The quantitative estimate of drug-likeness (QED) is 0.698. The van der Waals surface area contributed by atoms with Gasteiger partial charge in [-0.15, -0.1) is 0 Å². The number of hydrogen-bond acceptors (Lipinski definition) is 4. The van der Waals surface area contributed by atoms with E-state index < -0.39 is 0 Å². The van der Waals surface area contributed by atoms with Gasteiger partial charge >= 0.3 is 0 Å². The molecule has 1 heterocycles. The maximum Gasteiger partial charge on any atom is 0.223 e. The highest BCUT2D eigenvalue weighted by atomic mass is 16.5. The molecule has 5 nitrogen and oxygen atoms in total. The summed E-state index contributed by atoms with van der Waals surface area (Å²) in [7, 11) is 0. The van der Waals surface area contributed by atoms with Crippen LogP contribution in [0.3, 0.4) is 0 Å². The molecule has 1 saturated carbocycles. The van der Waals surface area contributed by atoms with Gasteiger partial charge in [-0.3, -0.25) is 4.79 Å². The lowest BCUT2D eigenvalue weighted by Gasteiger charge is -2.25. The highest BCUT2D eigenvalue weighted by Gasteiger charge is 2.24. The first-order chi connectivity index (χ1) is 10.3. The summed E-state index contributed by atoms with van der Waals surface area (Å²) in [5, 5.41) is 3.02. The first kappa shape index (κ1) is 16.7. The van der Waals surface area contributed by atoms with E-state index in [1.54, 1.807) is 0 Å². The average Bonchev–Trinajstić information content (AvgIpc) is 2.51. The Morgan fingerprint density at radius 3 is 2.81 bits per heavy atom. The lowest BCUT2D eigenvalue weighted by atomic mass is 9.85. The number of nitrogens with two attached hydrogens (primary N) is 1. The van der Waals surface area contributed by atoms with Gasteiger partial charge in [0.2, 0.25) is 5.91 Å². The standard InChI is InChI=1S/C16H30N2O3/c17-15-4-1-3-14(11-15)16(19)18-7-2-8-21-12-13-5-9-20-10-6-13/h13-15H,1-12,17H2,(H,18,19). The minimum Gasteiger partial charge on any atom is -0.381 e. The second-order valence-corrected chi connectivity index (χ2v) is 6.40. The zero-order chi connectivity index (χ0) is 14.9. The molecule has 1 aliphatic carbocycles. The summed E-state index contributed by atoms with van der Waals surface area (Å²) >= 11 is 0. The fourth-order valence-electron chi connectivity index (χ4n) is 3.16. The summed E-state index contributed by atoms with van der Waals surface area (Å²) in [5.74, 6) is 0.948. The van der Waals surface area contributed by atoms with E-state index in [-0.39, 0.29) is 17.9 Å². The highest BCUT2D eigenvalue weighted by Crippen LogP contribution is 2.23. The van der Waals surface area contributed by atoms with Crippen molar-refractivity contribution >= 4 is 5.91 Å². The Labute approximate surface area is 127 Å². The molecule has 3 N–H and O–H groups in total. The summed E-state index contributed by atoms with van der Waals surface area (Å²) in [6, 6.07) is 0.206. The van der Waals surface area contributed by atoms with Crippen molar-refractivity contribution < 1.29 is 14.3 Å². The van der Waals surface area contributed by atoms with E-state index in [9.17, 15) is 4.79 Å². The number of hydrogen-bond donors (Lipinski definition) is 2. The van der Waals surface area contributed by atoms with Crippen molar-refractivity contribution in [3.8, 4) is 0 Å². The summed E-state index contributed by atoms with van der Waals surface area (Å²) in [6.45, 7) is 4.00. The molecule has 1 amide bonds. The van der Waals surface area contributed by atoms with Crippen LogP contribution in [0.25, 0.3) is 0 Å². The maximum atomic E-state index is 12.0. The van der Waals surface area contributed by atoms with Gasteiger partial charge in [-0.2, -0.15) is 0 Å². The molecule has 1 aliphatic heterocycles. The van der Waals surface area contributed by atoms with Gasteiger partial charge in [-0.05, 0) is 44.4 Å². The number of carbonyl (C=O) groups is 1. The molecule has 2 aliphatic rings. The van der Waals surface area contributed by atoms with Gasteiger partial charge < -0.3 is 20.5 Å². The first-order valence-electron chi connectivity index (χ1n) is 8.44. The van der Waals surface area contributed by atoms with E-state index in [0.717, 1.165) is 71.4 Å². The smallest absolute Gasteiger partial charge is 0.223 e. The van der Waals surface area contributed by atoms with Crippen LogP contribution in [0.15, 0.2) is 0 Å². The zero-order valence-electron chi connectivity index (χ0n) is 13.0. The summed E-state index contributed by atoms with van der Waals surface area (Å²) in [4.78, 5) is 12.0. The molecule has 122 valence electrons. The normalized spacial score (nSPS) is 27.5. The van der Waals surface area contributed by atoms with Crippen LogP contribution in [-0.2, 0) is 14.3 Å². The monoisotopic (exact) mass is 298 g/mol. The van der Waals surface area contributed by atoms with Gasteiger partial charge in [0.25, 0.3) is 0 Å². The van der Waals surface area contributed by atoms with Crippen molar-refractivity contribution in [1.29, 1.82) is 0 Å². The van der Waals surface area contributed by atoms with Crippen LogP contribution in [0.1, 0.15) is 44.9 Å². The Kier molecular flexibility index (Phi) is 7.47. The second kappa shape index (κ2) is 9.38. The van der Waals surface area contributed by atoms with Crippen LogP contribution >= 0.6 is 0 Å². The molecule has 1 saturated heterocycles. The molecule has 0 bridgehead atoms. The van der Waals surface area contributed by atoms with Crippen LogP contribution in [0.5, 0.6) is 0 Å². The topological polar surface area (TPSA) is 73.6 Å². The first-order valence-corrected chi connectivity index (χ1v) is 8.44. The maximum absolute atomic E-state index is 12.0. The van der Waals surface area contributed by atoms with Crippen LogP contribution in [0.4, 0.5) is 0 Å². The van der Waals surface area contributed by atoms with Crippen LogP contribution < -0.4 is 11.1 Å². The van der Waals surface area contributed by atoms with Crippen LogP contribution in [0.2, 0.25) is 0 Å².